The summed E-state index contributed by atoms with van der Waals surface area (Å²) in [6.07, 6.45) is 4.59. The van der Waals surface area contributed by atoms with Crippen LogP contribution in [-0.4, -0.2) is 48.9 Å². The highest BCUT2D eigenvalue weighted by molar-refractivity contribution is 5.81. The summed E-state index contributed by atoms with van der Waals surface area (Å²) in [4.78, 5) is 25.0. The quantitative estimate of drug-likeness (QED) is 0.750. The van der Waals surface area contributed by atoms with Gasteiger partial charge >= 0.3 is 0 Å². The van der Waals surface area contributed by atoms with E-state index in [0.717, 1.165) is 25.3 Å². The highest BCUT2D eigenvalue weighted by Gasteiger charge is 2.22. The van der Waals surface area contributed by atoms with Crippen LogP contribution in [0, 0.1) is 5.92 Å². The number of carbonyl (C=O) groups is 2. The highest BCUT2D eigenvalue weighted by atomic mass is 16.2. The first kappa shape index (κ1) is 13.3. The van der Waals surface area contributed by atoms with Gasteiger partial charge in [-0.15, -0.1) is 0 Å². The maximum atomic E-state index is 11.9. The fourth-order valence-corrected chi connectivity index (χ4v) is 2.71. The largest absolute Gasteiger partial charge is 0.354 e. The number of carbonyl (C=O) groups excluding carboxylic acids is 2. The van der Waals surface area contributed by atoms with Crippen molar-refractivity contribution in [2.75, 3.05) is 26.2 Å². The Morgan fingerprint density at radius 3 is 2.78 bits per heavy atom. The first-order chi connectivity index (χ1) is 8.63. The van der Waals surface area contributed by atoms with E-state index in [9.17, 15) is 9.59 Å². The highest BCUT2D eigenvalue weighted by Crippen LogP contribution is 2.23. The monoisotopic (exact) mass is 253 g/mol. The van der Waals surface area contributed by atoms with Crippen LogP contribution in [-0.2, 0) is 9.59 Å². The summed E-state index contributed by atoms with van der Waals surface area (Å²) in [5, 5.41) is 5.85. The third kappa shape index (κ3) is 3.98. The Labute approximate surface area is 108 Å². The van der Waals surface area contributed by atoms with Crippen LogP contribution in [0.2, 0.25) is 0 Å². The molecule has 0 radical (unpaired) electrons. The summed E-state index contributed by atoms with van der Waals surface area (Å²) in [7, 11) is 0. The first-order valence-electron chi connectivity index (χ1n) is 6.92. The number of rotatable bonds is 3. The second-order valence-corrected chi connectivity index (χ2v) is 5.58. The molecule has 1 aliphatic carbocycles. The van der Waals surface area contributed by atoms with E-state index in [0.29, 0.717) is 25.7 Å². The molecule has 1 saturated carbocycles. The number of nitrogens with zero attached hydrogens (tertiary/aromatic N) is 1. The van der Waals surface area contributed by atoms with Crippen LogP contribution in [0.3, 0.4) is 0 Å². The Morgan fingerprint density at radius 1 is 1.39 bits per heavy atom. The summed E-state index contributed by atoms with van der Waals surface area (Å²) >= 11 is 0. The van der Waals surface area contributed by atoms with Gasteiger partial charge in [-0.1, -0.05) is 6.92 Å². The summed E-state index contributed by atoms with van der Waals surface area (Å²) in [6.45, 7) is 4.37. The molecular formula is C13H23N3O2. The van der Waals surface area contributed by atoms with E-state index in [4.69, 9.17) is 0 Å². The second kappa shape index (κ2) is 6.18. The van der Waals surface area contributed by atoms with Crippen LogP contribution in [0.4, 0.5) is 0 Å². The van der Waals surface area contributed by atoms with E-state index in [1.54, 1.807) is 0 Å². The van der Waals surface area contributed by atoms with Gasteiger partial charge in [-0.3, -0.25) is 14.5 Å². The SMILES string of the molecule is CC1CCC(NC(=O)CN2CCNC(=O)C2)CC1. The predicted octanol–water partition coefficient (Wildman–Crippen LogP) is 0.113. The molecule has 102 valence electrons. The minimum Gasteiger partial charge on any atom is -0.354 e. The molecule has 2 aliphatic rings. The average Bonchev–Trinajstić information content (AvgIpc) is 2.32. The Hall–Kier alpha value is -1.10. The van der Waals surface area contributed by atoms with Crippen molar-refractivity contribution in [3.05, 3.63) is 0 Å². The lowest BCUT2D eigenvalue weighted by molar-refractivity contribution is -0.127. The third-order valence-corrected chi connectivity index (χ3v) is 3.87. The van der Waals surface area contributed by atoms with Gasteiger partial charge < -0.3 is 10.6 Å². The van der Waals surface area contributed by atoms with Crippen molar-refractivity contribution in [2.24, 2.45) is 5.92 Å². The lowest BCUT2D eigenvalue weighted by Crippen LogP contribution is -2.51. The Morgan fingerprint density at radius 2 is 2.11 bits per heavy atom. The summed E-state index contributed by atoms with van der Waals surface area (Å²) < 4.78 is 0. The molecule has 18 heavy (non-hydrogen) atoms. The maximum Gasteiger partial charge on any atom is 0.234 e. The van der Waals surface area contributed by atoms with Gasteiger partial charge in [0, 0.05) is 19.1 Å². The molecule has 2 rings (SSSR count). The molecule has 0 aromatic rings. The fraction of sp³-hybridized carbons (Fsp3) is 0.846. The lowest BCUT2D eigenvalue weighted by Gasteiger charge is -2.29. The van der Waals surface area contributed by atoms with Crippen LogP contribution in [0.15, 0.2) is 0 Å². The summed E-state index contributed by atoms with van der Waals surface area (Å²) in [6, 6.07) is 0.340. The van der Waals surface area contributed by atoms with Crippen molar-refractivity contribution in [3.63, 3.8) is 0 Å². The molecule has 0 bridgehead atoms. The summed E-state index contributed by atoms with van der Waals surface area (Å²) in [5.74, 6) is 0.869. The fourth-order valence-electron chi connectivity index (χ4n) is 2.71. The minimum atomic E-state index is 0.0144. The number of nitrogens with one attached hydrogen (secondary N) is 2. The summed E-state index contributed by atoms with van der Waals surface area (Å²) in [5.41, 5.74) is 0. The van der Waals surface area contributed by atoms with Gasteiger partial charge in [-0.05, 0) is 31.6 Å². The van der Waals surface area contributed by atoms with E-state index < -0.39 is 0 Å². The number of amides is 2. The molecule has 1 saturated heterocycles. The van der Waals surface area contributed by atoms with Crippen LogP contribution in [0.25, 0.3) is 0 Å². The van der Waals surface area contributed by atoms with Gasteiger partial charge in [-0.2, -0.15) is 0 Å². The molecule has 5 heteroatoms. The predicted molar refractivity (Wildman–Crippen MR) is 69.0 cm³/mol. The molecule has 2 fully saturated rings. The molecule has 1 heterocycles. The Kier molecular flexibility index (Phi) is 4.58. The maximum absolute atomic E-state index is 11.9. The van der Waals surface area contributed by atoms with Crippen molar-refractivity contribution in [1.29, 1.82) is 0 Å². The molecule has 5 nitrogen and oxygen atoms in total. The first-order valence-corrected chi connectivity index (χ1v) is 6.92. The van der Waals surface area contributed by atoms with E-state index in [2.05, 4.69) is 17.6 Å². The second-order valence-electron chi connectivity index (χ2n) is 5.58. The van der Waals surface area contributed by atoms with E-state index in [1.807, 2.05) is 4.90 Å². The number of piperazine rings is 1. The minimum absolute atomic E-state index is 0.0144. The van der Waals surface area contributed by atoms with Gasteiger partial charge in [0.25, 0.3) is 0 Å². The van der Waals surface area contributed by atoms with Crippen molar-refractivity contribution in [2.45, 2.75) is 38.6 Å². The van der Waals surface area contributed by atoms with Gasteiger partial charge in [0.05, 0.1) is 13.1 Å². The van der Waals surface area contributed by atoms with Gasteiger partial charge in [0.15, 0.2) is 0 Å². The topological polar surface area (TPSA) is 61.4 Å². The molecule has 1 aliphatic heterocycles. The lowest BCUT2D eigenvalue weighted by atomic mass is 9.87. The molecule has 2 N–H and O–H groups in total. The Bertz CT molecular complexity index is 311. The smallest absolute Gasteiger partial charge is 0.234 e. The van der Waals surface area contributed by atoms with E-state index >= 15 is 0 Å². The van der Waals surface area contributed by atoms with Crippen LogP contribution < -0.4 is 10.6 Å². The van der Waals surface area contributed by atoms with Crippen molar-refractivity contribution >= 4 is 11.8 Å². The molecular weight excluding hydrogens is 230 g/mol. The van der Waals surface area contributed by atoms with Crippen molar-refractivity contribution < 1.29 is 9.59 Å². The van der Waals surface area contributed by atoms with E-state index in [1.165, 1.54) is 12.8 Å². The molecule has 0 spiro atoms. The molecule has 0 atom stereocenters. The van der Waals surface area contributed by atoms with Crippen LogP contribution >= 0.6 is 0 Å². The Balaban J connectivity index is 1.70. The zero-order valence-electron chi connectivity index (χ0n) is 11.1. The molecule has 0 aromatic heterocycles. The standard InChI is InChI=1S/C13H23N3O2/c1-10-2-4-11(5-3-10)15-13(18)9-16-7-6-14-12(17)8-16/h10-11H,2-9H2,1H3,(H,14,17)(H,15,18). The van der Waals surface area contributed by atoms with Gasteiger partial charge in [-0.25, -0.2) is 0 Å². The zero-order chi connectivity index (χ0) is 13.0. The van der Waals surface area contributed by atoms with Gasteiger partial charge in [0.2, 0.25) is 11.8 Å². The van der Waals surface area contributed by atoms with E-state index in [-0.39, 0.29) is 11.8 Å². The van der Waals surface area contributed by atoms with Crippen LogP contribution in [0.1, 0.15) is 32.6 Å². The molecule has 2 amide bonds. The number of hydrogen-bond acceptors (Lipinski definition) is 3. The number of hydrogen-bond donors (Lipinski definition) is 2. The van der Waals surface area contributed by atoms with Crippen molar-refractivity contribution in [3.8, 4) is 0 Å². The normalized spacial score (nSPS) is 29.7. The molecule has 0 aromatic carbocycles. The molecule has 0 unspecified atom stereocenters. The van der Waals surface area contributed by atoms with Gasteiger partial charge in [0.1, 0.15) is 0 Å². The zero-order valence-corrected chi connectivity index (χ0v) is 11.1. The average molecular weight is 253 g/mol. The van der Waals surface area contributed by atoms with Crippen LogP contribution in [0.5, 0.6) is 0 Å². The third-order valence-electron chi connectivity index (χ3n) is 3.87. The van der Waals surface area contributed by atoms with Crippen molar-refractivity contribution in [1.82, 2.24) is 15.5 Å².